The van der Waals surface area contributed by atoms with Crippen molar-refractivity contribution in [1.82, 2.24) is 0 Å². The summed E-state index contributed by atoms with van der Waals surface area (Å²) in [5.74, 6) is -2.06. The topological polar surface area (TPSA) is 557 Å². The van der Waals surface area contributed by atoms with Crippen LogP contribution in [0.3, 0.4) is 0 Å². The highest BCUT2D eigenvalue weighted by Crippen LogP contribution is 2.76. The van der Waals surface area contributed by atoms with E-state index in [-0.39, 0.29) is 46.5 Å². The average Bonchev–Trinajstić information content (AvgIpc) is 0.673. The van der Waals surface area contributed by atoms with Gasteiger partial charge in [0.1, 0.15) is 141 Å². The van der Waals surface area contributed by atoms with Crippen molar-refractivity contribution in [2.75, 3.05) is 46.2 Å². The summed E-state index contributed by atoms with van der Waals surface area (Å²) in [7, 11) is 0. The van der Waals surface area contributed by atoms with Crippen LogP contribution in [0.4, 0.5) is 0 Å². The summed E-state index contributed by atoms with van der Waals surface area (Å²) in [5.41, 5.74) is -3.68. The molecule has 4 saturated carbocycles. The summed E-state index contributed by atoms with van der Waals surface area (Å²) in [4.78, 5) is 29.7. The lowest BCUT2D eigenvalue weighted by Gasteiger charge is -2.71. The zero-order valence-corrected chi connectivity index (χ0v) is 66.0. The Kier molecular flexibility index (Phi) is 27.7. The van der Waals surface area contributed by atoms with Gasteiger partial charge >= 0.3 is 11.9 Å². The van der Waals surface area contributed by atoms with Gasteiger partial charge in [0.25, 0.3) is 0 Å². The predicted octanol–water partition coefficient (Wildman–Crippen LogP) is -3.79. The Bertz CT molecular complexity index is 3350. The van der Waals surface area contributed by atoms with Crippen LogP contribution in [-0.4, -0.2) is 357 Å². The molecule has 11 fully saturated rings. The Morgan fingerprint density at radius 1 is 0.535 bits per heavy atom. The van der Waals surface area contributed by atoms with E-state index in [1.165, 1.54) is 26.0 Å². The number of aliphatic hydroxyl groups excluding tert-OH is 18. The minimum atomic E-state index is -2.08. The summed E-state index contributed by atoms with van der Waals surface area (Å²) in [6.07, 6.45) is -42.0. The third-order valence-corrected chi connectivity index (χ3v) is 28.2. The third kappa shape index (κ3) is 17.1. The monoisotopic (exact) mass is 1640 g/mol. The molecule has 12 aliphatic rings. The first-order valence-corrected chi connectivity index (χ1v) is 40.1. The molecule has 36 nitrogen and oxygen atoms in total. The molecule has 36 heteroatoms. The molecular weight excluding hydrogens is 1510 g/mol. The van der Waals surface area contributed by atoms with Gasteiger partial charge in [-0.25, -0.2) is 4.79 Å². The fourth-order valence-corrected chi connectivity index (χ4v) is 20.8. The number of aliphatic hydroxyl groups is 19. The summed E-state index contributed by atoms with van der Waals surface area (Å²) in [6.45, 7) is 18.2. The van der Waals surface area contributed by atoms with Crippen molar-refractivity contribution < 1.29 is 178 Å². The lowest BCUT2D eigenvalue weighted by Crippen LogP contribution is -2.67. The lowest BCUT2D eigenvalue weighted by atomic mass is 9.33. The molecule has 0 bridgehead atoms. The Balaban J connectivity index is 0.755. The van der Waals surface area contributed by atoms with Crippen LogP contribution in [0.15, 0.2) is 36.0 Å². The second kappa shape index (κ2) is 35.0. The number of carbonyl (C=O) groups is 2. The molecule has 7 saturated heterocycles. The van der Waals surface area contributed by atoms with Crippen LogP contribution in [0, 0.1) is 50.2 Å². The van der Waals surface area contributed by atoms with Gasteiger partial charge in [0, 0.05) is 0 Å². The molecule has 652 valence electrons. The lowest BCUT2D eigenvalue weighted by molar-refractivity contribution is -0.379. The predicted molar refractivity (Wildman–Crippen MR) is 384 cm³/mol. The molecule has 114 heavy (non-hydrogen) atoms. The highest BCUT2D eigenvalue weighted by Gasteiger charge is 2.71. The quantitative estimate of drug-likeness (QED) is 0.0202. The Hall–Kier alpha value is -3.12. The van der Waals surface area contributed by atoms with Crippen LogP contribution in [0.1, 0.15) is 139 Å². The summed E-state index contributed by atoms with van der Waals surface area (Å²) in [5, 5.41) is 209. The molecule has 0 aromatic rings. The number of ether oxygens (including phenoxy) is 15. The van der Waals surface area contributed by atoms with Crippen molar-refractivity contribution in [3.8, 4) is 0 Å². The second-order valence-corrected chi connectivity index (χ2v) is 36.3. The number of fused-ring (bicyclic) bond motifs is 7. The van der Waals surface area contributed by atoms with E-state index in [9.17, 15) is 102 Å². The van der Waals surface area contributed by atoms with Gasteiger partial charge in [0.05, 0.1) is 68.4 Å². The van der Waals surface area contributed by atoms with E-state index in [1.807, 2.05) is 0 Å². The minimum absolute atomic E-state index is 0.0255. The van der Waals surface area contributed by atoms with Crippen LogP contribution in [0.5, 0.6) is 0 Å². The second-order valence-electron chi connectivity index (χ2n) is 36.3. The van der Waals surface area contributed by atoms with E-state index in [0.717, 1.165) is 18.4 Å². The smallest absolute Gasteiger partial charge is 0.336 e. The van der Waals surface area contributed by atoms with E-state index in [2.05, 4.69) is 61.1 Å². The van der Waals surface area contributed by atoms with E-state index in [0.29, 0.717) is 51.4 Å². The minimum Gasteiger partial charge on any atom is -0.459 e. The van der Waals surface area contributed by atoms with Crippen molar-refractivity contribution in [1.29, 1.82) is 0 Å². The van der Waals surface area contributed by atoms with Gasteiger partial charge in [0.15, 0.2) is 43.8 Å². The van der Waals surface area contributed by atoms with E-state index >= 15 is 4.79 Å². The van der Waals surface area contributed by atoms with E-state index < -0.39 is 283 Å². The van der Waals surface area contributed by atoms with Crippen molar-refractivity contribution in [3.05, 3.63) is 36.0 Å². The van der Waals surface area contributed by atoms with E-state index in [1.54, 1.807) is 0 Å². The zero-order chi connectivity index (χ0) is 83.2. The molecule has 0 spiro atoms. The van der Waals surface area contributed by atoms with Gasteiger partial charge < -0.3 is 168 Å². The van der Waals surface area contributed by atoms with Gasteiger partial charge in [-0.05, 0) is 136 Å². The first kappa shape index (κ1) is 90.1. The highest BCUT2D eigenvalue weighted by molar-refractivity contribution is 5.88. The highest BCUT2D eigenvalue weighted by atomic mass is 16.8. The number of esters is 2. The van der Waals surface area contributed by atoms with Crippen LogP contribution in [0.2, 0.25) is 0 Å². The maximum absolute atomic E-state index is 16.1. The van der Waals surface area contributed by atoms with Gasteiger partial charge in [-0.3, -0.25) is 4.79 Å². The molecule has 0 radical (unpaired) electrons. The first-order chi connectivity index (χ1) is 53.5. The van der Waals surface area contributed by atoms with Crippen LogP contribution in [0.25, 0.3) is 0 Å². The van der Waals surface area contributed by atoms with Crippen molar-refractivity contribution in [2.45, 2.75) is 342 Å². The maximum atomic E-state index is 16.1. The fraction of sp³-hybridized carbons (Fsp3) is 0.897. The number of allylic oxidation sites excluding steroid dienone is 3. The molecule has 5 aliphatic carbocycles. The summed E-state index contributed by atoms with van der Waals surface area (Å²) < 4.78 is 89.5. The summed E-state index contributed by atoms with van der Waals surface area (Å²) >= 11 is 0. The number of rotatable bonds is 23. The molecule has 40 atom stereocenters. The number of hydrogen-bond acceptors (Lipinski definition) is 36. The Labute approximate surface area is 661 Å². The first-order valence-electron chi connectivity index (χ1n) is 40.1. The molecule has 0 amide bonds. The third-order valence-electron chi connectivity index (χ3n) is 28.2. The fourth-order valence-electron chi connectivity index (χ4n) is 20.8. The molecular formula is C78H124O36. The summed E-state index contributed by atoms with van der Waals surface area (Å²) in [6, 6.07) is 0. The normalized spacial score (nSPS) is 50.2. The van der Waals surface area contributed by atoms with Crippen LogP contribution in [-0.2, 0) is 80.6 Å². The van der Waals surface area contributed by atoms with Crippen LogP contribution >= 0.6 is 0 Å². The maximum Gasteiger partial charge on any atom is 0.336 e. The number of hydrogen-bond donors (Lipinski definition) is 19. The Morgan fingerprint density at radius 2 is 1.05 bits per heavy atom. The van der Waals surface area contributed by atoms with Gasteiger partial charge in [0.2, 0.25) is 6.29 Å². The number of carbonyl (C=O) groups excluding carboxylic acids is 2. The van der Waals surface area contributed by atoms with Gasteiger partial charge in [-0.1, -0.05) is 72.3 Å². The van der Waals surface area contributed by atoms with Gasteiger partial charge in [-0.2, -0.15) is 0 Å². The molecule has 0 aromatic heterocycles. The van der Waals surface area contributed by atoms with Gasteiger partial charge in [-0.15, -0.1) is 6.58 Å². The molecule has 7 heterocycles. The van der Waals surface area contributed by atoms with Crippen molar-refractivity contribution >= 4 is 11.9 Å². The largest absolute Gasteiger partial charge is 0.459 e. The van der Waals surface area contributed by atoms with Crippen molar-refractivity contribution in [3.63, 3.8) is 0 Å². The molecule has 19 N–H and O–H groups in total. The molecule has 12 rings (SSSR count). The SMILES string of the molecule is C=C[C@@](C)(O)CC/C=C(\CO)C(=O)OC[C@H]1O[C@@H](OC(=O)[C@]23CCC(C)(C)C[C@H]2C2=CC[C@@H]4[C@@]5(C)CC[C@H](O[C@@H]6O[C@H](CO[C@@H]7OC[C@H](O)[C@H](O)[C@H]7O[C@@H]7OC[C@@H](O)[C@H](O)[C@H]7O)[C@@H](O)[C@H](O)[C@H]6O)C(C)(C)[C@@H]5CC[C@@]4(C)[C@]2(C)CC3)[C@H](O[C@@H]2O[C@@H](C)[C@H](O[C@@H]3OC[C@@H](O)[C@H](O[C@@H]4OC[C@@H](O)[C@H](O)[C@H]4O)[C@H]3O)[C@@H](O)[C@H]2O)[C@@H](O)[C@@H]1O. The average molecular weight is 1640 g/mol. The zero-order valence-electron chi connectivity index (χ0n) is 66.0. The van der Waals surface area contributed by atoms with Crippen LogP contribution < -0.4 is 0 Å². The van der Waals surface area contributed by atoms with Crippen molar-refractivity contribution in [2.24, 2.45) is 50.2 Å². The Morgan fingerprint density at radius 3 is 1.69 bits per heavy atom. The molecule has 7 aliphatic heterocycles. The molecule has 0 unspecified atom stereocenters. The standard InChI is InChI=1S/C78H124O36/c1-11-74(7,99)18-12-13-34(26-79)63(97)100-31-41-50(88)52(90)62(113-67-57(95)53(91)59(33(2)106-67)110-66-58(96)60(40(83)30-103-66)111-64-54(92)46(84)37(80)27-101-64)70(108-41)114-71(98)78-23-21-72(3,4)25-36(78)35-14-15-44-75(8)19-17-45(73(5,6)43(75)16-20-77(44,10)76(35,9)22-24-78)109-68-56(94)51(89)49(87)42(107-68)32-105-69-61(48(86)39(82)29-104-69)112-65-55(93)47(85)38(81)28-102-65/h11,13-14,33,36-62,64-70,79-96,99H,1,12,15-32H2,2-10H3/b34-13+/t33-,36-,37+,38+,39-,40+,41+,42+,43-,44+,45-,46-,47-,48-,49+,50+,51-,52-,53-,54+,55+,56+,57+,58+,59-,60-,61+,62+,64-,65-,66-,67-,68-,69-,70-,74+,75-,76+,77+,78-/m0/s1. The molecule has 0 aromatic carbocycles. The van der Waals surface area contributed by atoms with E-state index in [4.69, 9.17) is 71.1 Å².